The summed E-state index contributed by atoms with van der Waals surface area (Å²) in [5.41, 5.74) is 0.352. The summed E-state index contributed by atoms with van der Waals surface area (Å²) in [6.45, 7) is 1.83. The third kappa shape index (κ3) is 2.33. The molecule has 1 aliphatic rings. The van der Waals surface area contributed by atoms with E-state index in [1.807, 2.05) is 0 Å². The Hall–Kier alpha value is -2.15. The number of alkyl halides is 2. The fourth-order valence-corrected chi connectivity index (χ4v) is 2.23. The number of esters is 1. The summed E-state index contributed by atoms with van der Waals surface area (Å²) in [5, 5.41) is 0.349. The summed E-state index contributed by atoms with van der Waals surface area (Å²) in [7, 11) is 0. The summed E-state index contributed by atoms with van der Waals surface area (Å²) >= 11 is 6.12. The molecule has 0 radical (unpaired) electrons. The molecular weight excluding hydrogens is 308 g/mol. The first-order valence-corrected chi connectivity index (χ1v) is 6.34. The highest BCUT2D eigenvalue weighted by molar-refractivity contribution is 6.38. The van der Waals surface area contributed by atoms with Gasteiger partial charge in [-0.05, 0) is 13.0 Å². The molecule has 0 spiro atoms. The highest BCUT2D eigenvalue weighted by atomic mass is 35.5. The van der Waals surface area contributed by atoms with Crippen LogP contribution in [-0.4, -0.2) is 23.9 Å². The largest absolute Gasteiger partial charge is 0.586 e. The third-order valence-corrected chi connectivity index (χ3v) is 3.23. The zero-order valence-corrected chi connectivity index (χ0v) is 11.4. The number of halogens is 3. The van der Waals surface area contributed by atoms with Gasteiger partial charge in [-0.25, -0.2) is 4.79 Å². The third-order valence-electron chi connectivity index (χ3n) is 2.82. The highest BCUT2D eigenvalue weighted by Gasteiger charge is 2.43. The van der Waals surface area contributed by atoms with Crippen molar-refractivity contribution < 1.29 is 27.8 Å². The second-order valence-electron chi connectivity index (χ2n) is 4.19. The second kappa shape index (κ2) is 4.70. The number of fused-ring (bicyclic) bond motifs is 2. The van der Waals surface area contributed by atoms with Gasteiger partial charge in [0.05, 0.1) is 22.7 Å². The molecular formula is C13H8ClF2NO4. The molecule has 0 amide bonds. The zero-order valence-electron chi connectivity index (χ0n) is 10.7. The molecule has 5 nitrogen and oxygen atoms in total. The highest BCUT2D eigenvalue weighted by Crippen LogP contribution is 2.44. The Morgan fingerprint density at radius 3 is 2.71 bits per heavy atom. The molecule has 8 heteroatoms. The van der Waals surface area contributed by atoms with Crippen LogP contribution in [0.2, 0.25) is 5.02 Å². The van der Waals surface area contributed by atoms with Crippen LogP contribution in [0.15, 0.2) is 18.3 Å². The van der Waals surface area contributed by atoms with Gasteiger partial charge in [0.2, 0.25) is 0 Å². The van der Waals surface area contributed by atoms with Gasteiger partial charge in [0, 0.05) is 17.6 Å². The molecule has 0 bridgehead atoms. The van der Waals surface area contributed by atoms with Crippen LogP contribution in [0, 0.1) is 0 Å². The van der Waals surface area contributed by atoms with Gasteiger partial charge in [-0.1, -0.05) is 11.6 Å². The number of aromatic nitrogens is 1. The maximum absolute atomic E-state index is 13.0. The maximum Gasteiger partial charge on any atom is 0.586 e. The minimum Gasteiger partial charge on any atom is -0.462 e. The molecule has 21 heavy (non-hydrogen) atoms. The van der Waals surface area contributed by atoms with Gasteiger partial charge >= 0.3 is 12.3 Å². The molecule has 1 aromatic carbocycles. The van der Waals surface area contributed by atoms with Crippen molar-refractivity contribution in [3.05, 3.63) is 28.9 Å². The first-order chi connectivity index (χ1) is 9.91. The number of ether oxygens (including phenoxy) is 3. The number of nitrogens with zero attached hydrogens (tertiary/aromatic N) is 1. The topological polar surface area (TPSA) is 57.7 Å². The van der Waals surface area contributed by atoms with E-state index in [4.69, 9.17) is 16.3 Å². The molecule has 0 N–H and O–H groups in total. The number of carbonyl (C=O) groups is 1. The summed E-state index contributed by atoms with van der Waals surface area (Å²) in [4.78, 5) is 15.7. The van der Waals surface area contributed by atoms with Crippen molar-refractivity contribution in [2.45, 2.75) is 13.2 Å². The molecule has 0 unspecified atom stereocenters. The Labute approximate surface area is 122 Å². The van der Waals surface area contributed by atoms with Crippen LogP contribution >= 0.6 is 11.6 Å². The Balaban J connectivity index is 2.13. The van der Waals surface area contributed by atoms with Crippen LogP contribution in [-0.2, 0) is 4.74 Å². The van der Waals surface area contributed by atoms with E-state index in [9.17, 15) is 13.6 Å². The van der Waals surface area contributed by atoms with Gasteiger partial charge in [-0.15, -0.1) is 8.78 Å². The number of benzene rings is 1. The Morgan fingerprint density at radius 2 is 2.05 bits per heavy atom. The predicted octanol–water partition coefficient (Wildman–Crippen LogP) is 3.39. The summed E-state index contributed by atoms with van der Waals surface area (Å²) in [5.74, 6) is -0.947. The van der Waals surface area contributed by atoms with E-state index < -0.39 is 12.3 Å². The number of rotatable bonds is 2. The lowest BCUT2D eigenvalue weighted by atomic mass is 10.1. The number of hydrogen-bond donors (Lipinski definition) is 0. The molecule has 1 aromatic heterocycles. The molecule has 1 aliphatic heterocycles. The molecule has 0 saturated carbocycles. The van der Waals surface area contributed by atoms with Crippen molar-refractivity contribution in [2.24, 2.45) is 0 Å². The van der Waals surface area contributed by atoms with Crippen LogP contribution in [0.3, 0.4) is 0 Å². The van der Waals surface area contributed by atoms with Crippen LogP contribution in [0.25, 0.3) is 10.9 Å². The minimum atomic E-state index is -3.73. The fraction of sp³-hybridized carbons (Fsp3) is 0.231. The van der Waals surface area contributed by atoms with Crippen molar-refractivity contribution in [3.63, 3.8) is 0 Å². The van der Waals surface area contributed by atoms with Gasteiger partial charge in [0.1, 0.15) is 0 Å². The molecule has 2 heterocycles. The molecule has 3 rings (SSSR count). The zero-order chi connectivity index (χ0) is 15.2. The first-order valence-electron chi connectivity index (χ1n) is 5.96. The fourth-order valence-electron chi connectivity index (χ4n) is 1.96. The average molecular weight is 316 g/mol. The normalized spacial score (nSPS) is 15.2. The molecule has 2 aromatic rings. The molecule has 0 fully saturated rings. The summed E-state index contributed by atoms with van der Waals surface area (Å²) in [6, 6.07) is 2.52. The van der Waals surface area contributed by atoms with Crippen molar-refractivity contribution in [3.8, 4) is 11.5 Å². The van der Waals surface area contributed by atoms with E-state index >= 15 is 0 Å². The van der Waals surface area contributed by atoms with Crippen molar-refractivity contribution in [2.75, 3.05) is 6.61 Å². The van der Waals surface area contributed by atoms with Crippen LogP contribution < -0.4 is 9.47 Å². The lowest BCUT2D eigenvalue weighted by molar-refractivity contribution is -0.286. The van der Waals surface area contributed by atoms with E-state index in [0.29, 0.717) is 10.9 Å². The van der Waals surface area contributed by atoms with Crippen molar-refractivity contribution in [1.29, 1.82) is 0 Å². The standard InChI is InChI=1S/C13H8ClF2NO4/c1-2-19-12(18)7-5-17-8-4-10-9(3-6(8)11(7)14)20-13(15,16)21-10/h3-5H,2H2,1H3. The maximum atomic E-state index is 13.0. The Bertz CT molecular complexity index is 751. The van der Waals surface area contributed by atoms with E-state index in [1.165, 1.54) is 18.3 Å². The number of pyridine rings is 1. The molecule has 110 valence electrons. The quantitative estimate of drug-likeness (QED) is 0.795. The number of carbonyl (C=O) groups excluding carboxylic acids is 1. The van der Waals surface area contributed by atoms with Crippen LogP contribution in [0.1, 0.15) is 17.3 Å². The molecule has 0 saturated heterocycles. The monoisotopic (exact) mass is 315 g/mol. The SMILES string of the molecule is CCOC(=O)c1cnc2cc3c(cc2c1Cl)OC(F)(F)O3. The van der Waals surface area contributed by atoms with E-state index in [-0.39, 0.29) is 28.7 Å². The van der Waals surface area contributed by atoms with Gasteiger partial charge in [-0.3, -0.25) is 4.98 Å². The van der Waals surface area contributed by atoms with Gasteiger partial charge in [0.15, 0.2) is 11.5 Å². The lowest BCUT2D eigenvalue weighted by Gasteiger charge is -2.07. The van der Waals surface area contributed by atoms with Crippen LogP contribution in [0.4, 0.5) is 8.78 Å². The van der Waals surface area contributed by atoms with Gasteiger partial charge < -0.3 is 14.2 Å². The second-order valence-corrected chi connectivity index (χ2v) is 4.57. The van der Waals surface area contributed by atoms with Gasteiger partial charge in [-0.2, -0.15) is 0 Å². The minimum absolute atomic E-state index is 0.0524. The van der Waals surface area contributed by atoms with E-state index in [1.54, 1.807) is 6.92 Å². The van der Waals surface area contributed by atoms with Crippen LogP contribution in [0.5, 0.6) is 11.5 Å². The lowest BCUT2D eigenvalue weighted by Crippen LogP contribution is -2.25. The Kier molecular flexibility index (Phi) is 3.09. The average Bonchev–Trinajstić information content (AvgIpc) is 2.70. The predicted molar refractivity (Wildman–Crippen MR) is 68.9 cm³/mol. The number of hydrogen-bond acceptors (Lipinski definition) is 5. The van der Waals surface area contributed by atoms with Gasteiger partial charge in [0.25, 0.3) is 0 Å². The summed E-state index contributed by atoms with van der Waals surface area (Å²) in [6.07, 6.45) is -2.50. The molecule has 0 atom stereocenters. The van der Waals surface area contributed by atoms with E-state index in [2.05, 4.69) is 14.5 Å². The van der Waals surface area contributed by atoms with Crippen molar-refractivity contribution >= 4 is 28.5 Å². The Morgan fingerprint density at radius 1 is 1.38 bits per heavy atom. The first kappa shape index (κ1) is 13.8. The van der Waals surface area contributed by atoms with Crippen molar-refractivity contribution in [1.82, 2.24) is 4.98 Å². The summed E-state index contributed by atoms with van der Waals surface area (Å²) < 4.78 is 39.6. The molecule has 0 aliphatic carbocycles. The van der Waals surface area contributed by atoms with E-state index in [0.717, 1.165) is 0 Å². The smallest absolute Gasteiger partial charge is 0.462 e.